The summed E-state index contributed by atoms with van der Waals surface area (Å²) < 4.78 is 0. The Hall–Kier alpha value is -1.55. The van der Waals surface area contributed by atoms with Crippen LogP contribution >= 0.6 is 0 Å². The Balaban J connectivity index is 2.20. The molecule has 0 amide bonds. The molecule has 0 aromatic heterocycles. The minimum atomic E-state index is -0.366. The topological polar surface area (TPSA) is 49.4 Å². The summed E-state index contributed by atoms with van der Waals surface area (Å²) in [6.45, 7) is 8.39. The zero-order valence-electron chi connectivity index (χ0n) is 13.3. The normalized spacial score (nSPS) is 27.4. The molecule has 0 unspecified atom stereocenters. The lowest BCUT2D eigenvalue weighted by atomic mass is 9.82. The van der Waals surface area contributed by atoms with Crippen LogP contribution in [0.25, 0.3) is 0 Å². The van der Waals surface area contributed by atoms with Crippen LogP contribution in [0.5, 0.6) is 0 Å². The van der Waals surface area contributed by atoms with Gasteiger partial charge in [0, 0.05) is 0 Å². The predicted molar refractivity (Wildman–Crippen MR) is 80.5 cm³/mol. The average Bonchev–Trinajstić information content (AvgIpc) is 2.42. The number of hydrogen-bond acceptors (Lipinski definition) is 3. The van der Waals surface area contributed by atoms with E-state index in [0.717, 1.165) is 25.5 Å². The van der Waals surface area contributed by atoms with Crippen LogP contribution in [0.15, 0.2) is 35.8 Å². The summed E-state index contributed by atoms with van der Waals surface area (Å²) >= 11 is 0. The van der Waals surface area contributed by atoms with Crippen LogP contribution in [0.1, 0.15) is 47.0 Å². The quantitative estimate of drug-likeness (QED) is 0.590. The monoisotopic (exact) mass is 290 g/mol. The largest absolute Gasteiger partial charge is 0.363 e. The Kier molecular flexibility index (Phi) is 4.28. The van der Waals surface area contributed by atoms with Crippen molar-refractivity contribution in [3.63, 3.8) is 0 Å². The second-order valence-electron chi connectivity index (χ2n) is 7.04. The third-order valence-electron chi connectivity index (χ3n) is 4.24. The molecule has 1 radical (unpaired) electrons. The van der Waals surface area contributed by atoms with Crippen molar-refractivity contribution in [2.24, 2.45) is 5.92 Å². The van der Waals surface area contributed by atoms with Gasteiger partial charge >= 0.3 is 5.95 Å². The average molecular weight is 290 g/mol. The smallest absolute Gasteiger partial charge is 0.357 e. The fourth-order valence-corrected chi connectivity index (χ4v) is 3.13. The second kappa shape index (κ2) is 5.68. The van der Waals surface area contributed by atoms with Gasteiger partial charge in [0.2, 0.25) is 0 Å². The van der Waals surface area contributed by atoms with Crippen LogP contribution in [0, 0.1) is 5.92 Å². The van der Waals surface area contributed by atoms with Crippen molar-refractivity contribution in [2.45, 2.75) is 58.0 Å². The van der Waals surface area contributed by atoms with Crippen LogP contribution < -0.4 is 0 Å². The molecule has 0 bridgehead atoms. The Labute approximate surface area is 126 Å². The molecule has 1 fully saturated rings. The van der Waals surface area contributed by atoms with Gasteiger partial charge in [-0.2, -0.15) is 0 Å². The highest BCUT2D eigenvalue weighted by molar-refractivity contribution is 5.62. The molecule has 1 saturated heterocycles. The van der Waals surface area contributed by atoms with Crippen LogP contribution in [-0.4, -0.2) is 22.4 Å². The number of hydroxylamine groups is 2. The summed E-state index contributed by atoms with van der Waals surface area (Å²) in [6.07, 6.45) is 10.7. The van der Waals surface area contributed by atoms with E-state index in [-0.39, 0.29) is 22.9 Å². The summed E-state index contributed by atoms with van der Waals surface area (Å²) in [4.78, 5) is 16.4. The third kappa shape index (κ3) is 3.38. The van der Waals surface area contributed by atoms with Crippen LogP contribution in [0.2, 0.25) is 0 Å². The molecule has 1 aliphatic carbocycles. The summed E-state index contributed by atoms with van der Waals surface area (Å²) in [5.74, 6) is -0.612. The van der Waals surface area contributed by atoms with Crippen molar-refractivity contribution in [1.29, 1.82) is 0 Å². The highest BCUT2D eigenvalue weighted by atomic mass is 16.7. The second-order valence-corrected chi connectivity index (χ2v) is 7.04. The number of allylic oxidation sites excluding steroid dienone is 5. The number of hydrogen-bond donors (Lipinski definition) is 0. The molecule has 0 aromatic rings. The van der Waals surface area contributed by atoms with E-state index in [0.29, 0.717) is 5.57 Å². The van der Waals surface area contributed by atoms with E-state index in [4.69, 9.17) is 4.84 Å². The van der Waals surface area contributed by atoms with E-state index >= 15 is 0 Å². The van der Waals surface area contributed by atoms with Gasteiger partial charge in [-0.3, -0.25) is 0 Å². The third-order valence-corrected chi connectivity index (χ3v) is 4.24. The fraction of sp³-hybridized carbons (Fsp3) is 0.588. The van der Waals surface area contributed by atoms with E-state index in [9.17, 15) is 9.90 Å². The van der Waals surface area contributed by atoms with Gasteiger partial charge in [0.1, 0.15) is 6.29 Å². The summed E-state index contributed by atoms with van der Waals surface area (Å²) in [6, 6.07) is 0. The van der Waals surface area contributed by atoms with Crippen LogP contribution in [-0.2, 0) is 14.7 Å². The number of carbonyl (C=O) groups is 1. The number of aldehydes is 1. The van der Waals surface area contributed by atoms with Gasteiger partial charge in [-0.05, 0) is 47.0 Å². The van der Waals surface area contributed by atoms with E-state index in [1.165, 1.54) is 0 Å². The Morgan fingerprint density at radius 3 is 2.19 bits per heavy atom. The number of rotatable bonds is 3. The maximum atomic E-state index is 12.3. The molecule has 1 aliphatic heterocycles. The van der Waals surface area contributed by atoms with Gasteiger partial charge in [0.05, 0.1) is 22.6 Å². The molecule has 0 N–H and O–H groups in total. The minimum Gasteiger partial charge on any atom is -0.363 e. The number of nitrogens with zero attached hydrogens (tertiary/aromatic N) is 1. The molecule has 0 atom stereocenters. The van der Waals surface area contributed by atoms with Crippen molar-refractivity contribution < 1.29 is 14.7 Å². The van der Waals surface area contributed by atoms with Crippen molar-refractivity contribution in [2.75, 3.05) is 0 Å². The van der Waals surface area contributed by atoms with E-state index in [2.05, 4.69) is 27.7 Å². The molecular weight excluding hydrogens is 266 g/mol. The Morgan fingerprint density at radius 2 is 1.71 bits per heavy atom. The molecule has 4 nitrogen and oxygen atoms in total. The van der Waals surface area contributed by atoms with Crippen molar-refractivity contribution in [1.82, 2.24) is 5.06 Å². The minimum absolute atomic E-state index is 0.175. The molecule has 1 heterocycles. The van der Waals surface area contributed by atoms with E-state index in [1.807, 2.05) is 5.06 Å². The van der Waals surface area contributed by atoms with Gasteiger partial charge < -0.3 is 9.63 Å². The standard InChI is InChI=1S/C17H24NO3/c1-16(2)10-5-11-17(3,4)18(16)21-15(20)14-8-6-13(12-19)7-9-14/h6-9,12-13H,5,10-11H2,1-4H3. The molecular formula is C17H24NO3. The first-order chi connectivity index (χ1) is 9.76. The summed E-state index contributed by atoms with van der Waals surface area (Å²) in [7, 11) is 0. The number of carbonyl (C=O) groups excluding carboxylic acids is 1. The maximum Gasteiger partial charge on any atom is 0.357 e. The molecule has 0 saturated carbocycles. The highest BCUT2D eigenvalue weighted by Gasteiger charge is 2.44. The van der Waals surface area contributed by atoms with Gasteiger partial charge in [-0.15, -0.1) is 5.06 Å². The van der Waals surface area contributed by atoms with Crippen molar-refractivity contribution in [3.8, 4) is 0 Å². The zero-order valence-corrected chi connectivity index (χ0v) is 13.3. The molecule has 2 aliphatic rings. The van der Waals surface area contributed by atoms with E-state index in [1.54, 1.807) is 24.3 Å². The maximum absolute atomic E-state index is 12.3. The van der Waals surface area contributed by atoms with E-state index < -0.39 is 0 Å². The lowest BCUT2D eigenvalue weighted by molar-refractivity contribution is -0.281. The lowest BCUT2D eigenvalue weighted by Crippen LogP contribution is -2.58. The summed E-state index contributed by atoms with van der Waals surface area (Å²) in [5.41, 5.74) is 0.127. The van der Waals surface area contributed by atoms with Crippen LogP contribution in [0.4, 0.5) is 0 Å². The first kappa shape index (κ1) is 15.8. The SMILES string of the molecule is CC1(C)CCCC(C)(C)N1OC([O])=C1C=CC(C=O)C=C1. The first-order valence-electron chi connectivity index (χ1n) is 7.47. The molecule has 115 valence electrons. The first-order valence-corrected chi connectivity index (χ1v) is 7.47. The Bertz CT molecular complexity index is 468. The number of piperidine rings is 1. The zero-order chi connectivity index (χ0) is 15.7. The molecule has 21 heavy (non-hydrogen) atoms. The highest BCUT2D eigenvalue weighted by Crippen LogP contribution is 2.39. The van der Waals surface area contributed by atoms with Crippen LogP contribution in [0.3, 0.4) is 0 Å². The molecule has 0 spiro atoms. The van der Waals surface area contributed by atoms with Gasteiger partial charge in [0.25, 0.3) is 0 Å². The summed E-state index contributed by atoms with van der Waals surface area (Å²) in [5, 5.41) is 14.2. The molecule has 0 aromatic carbocycles. The fourth-order valence-electron chi connectivity index (χ4n) is 3.13. The van der Waals surface area contributed by atoms with Crippen molar-refractivity contribution in [3.05, 3.63) is 35.8 Å². The lowest BCUT2D eigenvalue weighted by Gasteiger charge is -2.50. The van der Waals surface area contributed by atoms with Gasteiger partial charge in [-0.1, -0.05) is 24.3 Å². The van der Waals surface area contributed by atoms with Gasteiger partial charge in [-0.25, -0.2) is 5.11 Å². The Morgan fingerprint density at radius 1 is 1.19 bits per heavy atom. The molecule has 2 rings (SSSR count). The van der Waals surface area contributed by atoms with Gasteiger partial charge in [0.15, 0.2) is 0 Å². The molecule has 4 heteroatoms. The predicted octanol–water partition coefficient (Wildman–Crippen LogP) is 3.54. The van der Waals surface area contributed by atoms with Crippen molar-refractivity contribution >= 4 is 6.29 Å².